The highest BCUT2D eigenvalue weighted by Crippen LogP contribution is 2.36. The number of nitrogens with one attached hydrogen (secondary N) is 1. The average Bonchev–Trinajstić information content (AvgIpc) is 3.18. The molecule has 1 amide bonds. The minimum atomic E-state index is -0.473. The number of aromatic hydroxyl groups is 1. The third kappa shape index (κ3) is 3.31. The van der Waals surface area contributed by atoms with E-state index in [0.717, 1.165) is 14.6 Å². The number of hydrogen-bond acceptors (Lipinski definition) is 6. The predicted molar refractivity (Wildman–Crippen MR) is 99.8 cm³/mol. The smallest absolute Gasteiger partial charge is 0.274 e. The molecule has 4 rings (SSSR count). The molecule has 6 nitrogen and oxygen atoms in total. The van der Waals surface area contributed by atoms with Gasteiger partial charge in [0.1, 0.15) is 5.82 Å². The maximum absolute atomic E-state index is 13.4. The van der Waals surface area contributed by atoms with Crippen LogP contribution in [0.2, 0.25) is 0 Å². The molecule has 2 aromatic heterocycles. The van der Waals surface area contributed by atoms with Crippen molar-refractivity contribution in [1.29, 1.82) is 0 Å². The Kier molecular flexibility index (Phi) is 4.39. The van der Waals surface area contributed by atoms with Gasteiger partial charge in [-0.1, -0.05) is 23.9 Å². The van der Waals surface area contributed by atoms with Gasteiger partial charge in [-0.3, -0.25) is 4.79 Å². The van der Waals surface area contributed by atoms with Gasteiger partial charge in [0.15, 0.2) is 10.0 Å². The molecule has 0 saturated carbocycles. The first-order valence-electron chi connectivity index (χ1n) is 7.53. The van der Waals surface area contributed by atoms with E-state index in [2.05, 4.69) is 20.2 Å². The Morgan fingerprint density at radius 3 is 3.00 bits per heavy atom. The second kappa shape index (κ2) is 6.85. The molecule has 0 aliphatic heterocycles. The molecule has 9 heteroatoms. The number of hydrogen-bond donors (Lipinski definition) is 2. The molecule has 0 bridgehead atoms. The van der Waals surface area contributed by atoms with E-state index in [4.69, 9.17) is 0 Å². The summed E-state index contributed by atoms with van der Waals surface area (Å²) < 4.78 is 15.2. The Balaban J connectivity index is 1.47. The van der Waals surface area contributed by atoms with Crippen LogP contribution in [0.15, 0.2) is 57.0 Å². The molecule has 2 aromatic carbocycles. The molecule has 0 unspecified atom stereocenters. The number of para-hydroxylation sites is 1. The van der Waals surface area contributed by atoms with Crippen LogP contribution in [-0.4, -0.2) is 26.7 Å². The highest BCUT2D eigenvalue weighted by atomic mass is 32.2. The summed E-state index contributed by atoms with van der Waals surface area (Å²) in [6.07, 6.45) is 0. The quantitative estimate of drug-likeness (QED) is 0.380. The molecule has 0 aliphatic carbocycles. The molecular formula is C17H11FN4O2S2. The van der Waals surface area contributed by atoms with E-state index in [9.17, 15) is 14.3 Å². The van der Waals surface area contributed by atoms with Gasteiger partial charge in [0.05, 0.1) is 21.5 Å². The van der Waals surface area contributed by atoms with E-state index < -0.39 is 11.7 Å². The summed E-state index contributed by atoms with van der Waals surface area (Å²) in [5.41, 5.74) is 1.44. The van der Waals surface area contributed by atoms with Gasteiger partial charge in [-0.15, -0.1) is 21.6 Å². The van der Waals surface area contributed by atoms with Gasteiger partial charge in [-0.25, -0.2) is 9.37 Å². The second-order valence-electron chi connectivity index (χ2n) is 5.34. The standard InChI is InChI=1S/C17H11FN4O2S2/c18-9-5-6-11-10(7-9)15(16(24)19-11)22-21-14(23)8-25-17-20-12-3-1-2-4-13(12)26-17/h1-7,19,24H,8H2. The summed E-state index contributed by atoms with van der Waals surface area (Å²) in [5.74, 6) is -1.13. The normalized spacial score (nSPS) is 11.7. The zero-order chi connectivity index (χ0) is 18.1. The van der Waals surface area contributed by atoms with Crippen LogP contribution in [-0.2, 0) is 4.79 Å². The highest BCUT2D eigenvalue weighted by Gasteiger charge is 2.12. The zero-order valence-electron chi connectivity index (χ0n) is 13.1. The van der Waals surface area contributed by atoms with E-state index in [-0.39, 0.29) is 17.3 Å². The van der Waals surface area contributed by atoms with Crippen molar-refractivity contribution in [3.8, 4) is 5.88 Å². The van der Waals surface area contributed by atoms with Gasteiger partial charge in [0.25, 0.3) is 5.91 Å². The number of carbonyl (C=O) groups excluding carboxylic acids is 1. The molecule has 26 heavy (non-hydrogen) atoms. The van der Waals surface area contributed by atoms with Crippen molar-refractivity contribution in [2.75, 3.05) is 5.75 Å². The van der Waals surface area contributed by atoms with Crippen LogP contribution in [0.25, 0.3) is 21.1 Å². The van der Waals surface area contributed by atoms with Crippen LogP contribution < -0.4 is 0 Å². The van der Waals surface area contributed by atoms with Crippen LogP contribution in [0.1, 0.15) is 0 Å². The second-order valence-corrected chi connectivity index (χ2v) is 7.60. The summed E-state index contributed by atoms with van der Waals surface area (Å²) >= 11 is 2.78. The van der Waals surface area contributed by atoms with Crippen LogP contribution in [0.4, 0.5) is 10.1 Å². The van der Waals surface area contributed by atoms with Crippen LogP contribution in [0, 0.1) is 5.82 Å². The lowest BCUT2D eigenvalue weighted by Crippen LogP contribution is -1.95. The SMILES string of the molecule is O=C(CSc1nc2ccccc2s1)N=Nc1c(O)[nH]c2ccc(F)cc12. The Bertz CT molecular complexity index is 1120. The molecule has 0 aliphatic rings. The number of azo groups is 1. The summed E-state index contributed by atoms with van der Waals surface area (Å²) in [6.45, 7) is 0. The van der Waals surface area contributed by atoms with Gasteiger partial charge in [-0.2, -0.15) is 0 Å². The lowest BCUT2D eigenvalue weighted by atomic mass is 10.2. The summed E-state index contributed by atoms with van der Waals surface area (Å²) in [4.78, 5) is 19.1. The number of fused-ring (bicyclic) bond motifs is 2. The zero-order valence-corrected chi connectivity index (χ0v) is 14.8. The number of amides is 1. The lowest BCUT2D eigenvalue weighted by molar-refractivity contribution is -0.115. The first-order valence-corrected chi connectivity index (χ1v) is 9.33. The van der Waals surface area contributed by atoms with Crippen molar-refractivity contribution >= 4 is 55.8 Å². The molecule has 0 radical (unpaired) electrons. The maximum Gasteiger partial charge on any atom is 0.274 e. The molecular weight excluding hydrogens is 375 g/mol. The number of aromatic nitrogens is 2. The summed E-state index contributed by atoms with van der Waals surface area (Å²) in [6, 6.07) is 11.7. The minimum Gasteiger partial charge on any atom is -0.493 e. The fourth-order valence-electron chi connectivity index (χ4n) is 2.41. The lowest BCUT2D eigenvalue weighted by Gasteiger charge is -1.93. The number of aromatic amines is 1. The van der Waals surface area contributed by atoms with Crippen molar-refractivity contribution < 1.29 is 14.3 Å². The van der Waals surface area contributed by atoms with Crippen molar-refractivity contribution in [1.82, 2.24) is 9.97 Å². The van der Waals surface area contributed by atoms with Crippen molar-refractivity contribution in [3.05, 3.63) is 48.3 Å². The van der Waals surface area contributed by atoms with Crippen LogP contribution in [0.5, 0.6) is 5.88 Å². The number of nitrogens with zero attached hydrogens (tertiary/aromatic N) is 3. The number of rotatable bonds is 4. The number of carbonyl (C=O) groups is 1. The first-order chi connectivity index (χ1) is 12.6. The number of H-pyrrole nitrogens is 1. The largest absolute Gasteiger partial charge is 0.493 e. The molecule has 4 aromatic rings. The van der Waals surface area contributed by atoms with Gasteiger partial charge in [0, 0.05) is 5.39 Å². The fourth-order valence-corrected chi connectivity index (χ4v) is 4.25. The number of benzene rings is 2. The topological polar surface area (TPSA) is 90.7 Å². The molecule has 0 fully saturated rings. The average molecular weight is 386 g/mol. The third-order valence-corrected chi connectivity index (χ3v) is 5.73. The highest BCUT2D eigenvalue weighted by molar-refractivity contribution is 8.01. The van der Waals surface area contributed by atoms with E-state index in [0.29, 0.717) is 10.9 Å². The van der Waals surface area contributed by atoms with E-state index in [1.807, 2.05) is 24.3 Å². The number of halogens is 1. The molecule has 2 N–H and O–H groups in total. The molecule has 0 spiro atoms. The van der Waals surface area contributed by atoms with Gasteiger partial charge >= 0.3 is 0 Å². The van der Waals surface area contributed by atoms with Crippen LogP contribution >= 0.6 is 23.1 Å². The van der Waals surface area contributed by atoms with Crippen molar-refractivity contribution in [2.24, 2.45) is 10.2 Å². The summed E-state index contributed by atoms with van der Waals surface area (Å²) in [5, 5.41) is 17.6. The third-order valence-electron chi connectivity index (χ3n) is 3.57. The van der Waals surface area contributed by atoms with E-state index >= 15 is 0 Å². The van der Waals surface area contributed by atoms with E-state index in [1.54, 1.807) is 0 Å². The Labute approximate surface area is 154 Å². The van der Waals surface area contributed by atoms with Crippen LogP contribution in [0.3, 0.4) is 0 Å². The number of thioether (sulfide) groups is 1. The van der Waals surface area contributed by atoms with Gasteiger partial charge in [-0.05, 0) is 30.3 Å². The van der Waals surface area contributed by atoms with Crippen molar-refractivity contribution in [2.45, 2.75) is 4.34 Å². The minimum absolute atomic E-state index is 0.0397. The number of thiazole rings is 1. The molecule has 2 heterocycles. The maximum atomic E-state index is 13.4. The van der Waals surface area contributed by atoms with Gasteiger partial charge in [0.2, 0.25) is 5.88 Å². The van der Waals surface area contributed by atoms with Crippen molar-refractivity contribution in [3.63, 3.8) is 0 Å². The van der Waals surface area contributed by atoms with Gasteiger partial charge < -0.3 is 10.1 Å². The predicted octanol–water partition coefficient (Wildman–Crippen LogP) is 5.02. The van der Waals surface area contributed by atoms with E-state index in [1.165, 1.54) is 41.3 Å². The molecule has 0 atom stereocenters. The fraction of sp³-hybridized carbons (Fsp3) is 0.0588. The first kappa shape index (κ1) is 16.7. The Morgan fingerprint density at radius 1 is 1.31 bits per heavy atom. The molecule has 0 saturated heterocycles. The Hall–Kier alpha value is -2.78. The monoisotopic (exact) mass is 386 g/mol. The summed E-state index contributed by atoms with van der Waals surface area (Å²) in [7, 11) is 0. The molecule has 130 valence electrons. The Morgan fingerprint density at radius 2 is 2.15 bits per heavy atom.